The van der Waals surface area contributed by atoms with Crippen molar-refractivity contribution in [3.8, 4) is 11.4 Å². The van der Waals surface area contributed by atoms with Crippen molar-refractivity contribution in [2.75, 3.05) is 18.1 Å². The third-order valence-corrected chi connectivity index (χ3v) is 5.72. The van der Waals surface area contributed by atoms with Gasteiger partial charge in [-0.05, 0) is 48.0 Å². The quantitative estimate of drug-likeness (QED) is 0.340. The van der Waals surface area contributed by atoms with Crippen LogP contribution in [0, 0.1) is 0 Å². The molecule has 5 aromatic rings. The maximum Gasteiger partial charge on any atom is 0.248 e. The van der Waals surface area contributed by atoms with Crippen molar-refractivity contribution >= 4 is 51.1 Å². The number of nitrogen functional groups attached to an aromatic ring is 1. The van der Waals surface area contributed by atoms with Crippen LogP contribution in [0.15, 0.2) is 61.1 Å². The first-order valence-electron chi connectivity index (χ1n) is 10.4. The molecule has 0 bridgehead atoms. The van der Waals surface area contributed by atoms with Crippen LogP contribution in [0.3, 0.4) is 0 Å². The van der Waals surface area contributed by atoms with Crippen LogP contribution in [0.4, 0.5) is 11.6 Å². The lowest BCUT2D eigenvalue weighted by Crippen LogP contribution is -2.13. The van der Waals surface area contributed by atoms with Crippen LogP contribution in [0.1, 0.15) is 15.9 Å². The topological polar surface area (TPSA) is 134 Å². The Hall–Kier alpha value is -4.37. The Balaban J connectivity index is 1.50. The van der Waals surface area contributed by atoms with E-state index in [1.54, 1.807) is 22.9 Å². The Bertz CT molecular complexity index is 1560. The fraction of sp³-hybridized carbons (Fsp3) is 0.0833. The van der Waals surface area contributed by atoms with Crippen LogP contribution in [0.2, 0.25) is 5.02 Å². The third-order valence-electron chi connectivity index (χ3n) is 5.43. The van der Waals surface area contributed by atoms with Crippen molar-refractivity contribution in [1.82, 2.24) is 19.5 Å². The van der Waals surface area contributed by atoms with E-state index in [0.29, 0.717) is 33.1 Å². The zero-order valence-corrected chi connectivity index (χ0v) is 18.9. The smallest absolute Gasteiger partial charge is 0.248 e. The second kappa shape index (κ2) is 8.53. The molecule has 0 radical (unpaired) electrons. The van der Waals surface area contributed by atoms with Gasteiger partial charge in [-0.3, -0.25) is 9.36 Å². The van der Waals surface area contributed by atoms with E-state index in [1.165, 1.54) is 6.33 Å². The number of pyridine rings is 1. The number of anilines is 2. The molecule has 34 heavy (non-hydrogen) atoms. The van der Waals surface area contributed by atoms with E-state index in [2.05, 4.69) is 20.3 Å². The fourth-order valence-electron chi connectivity index (χ4n) is 3.77. The van der Waals surface area contributed by atoms with E-state index in [0.717, 1.165) is 22.3 Å². The summed E-state index contributed by atoms with van der Waals surface area (Å²) in [6, 6.07) is 14.8. The summed E-state index contributed by atoms with van der Waals surface area (Å²) in [5.74, 6) is 1.13. The Morgan fingerprint density at radius 2 is 1.97 bits per heavy atom. The van der Waals surface area contributed by atoms with Gasteiger partial charge < -0.3 is 21.5 Å². The third kappa shape index (κ3) is 3.93. The number of amides is 1. The van der Waals surface area contributed by atoms with E-state index >= 15 is 0 Å². The monoisotopic (exact) mass is 473 g/mol. The fourth-order valence-corrected chi connectivity index (χ4v) is 4.05. The predicted molar refractivity (Wildman–Crippen MR) is 132 cm³/mol. The molecule has 0 unspecified atom stereocenters. The number of nitrogens with zero attached hydrogens (tertiary/aromatic N) is 4. The number of fused-ring (bicyclic) bond motifs is 2. The van der Waals surface area contributed by atoms with Gasteiger partial charge in [-0.25, -0.2) is 15.0 Å². The number of hydrogen-bond acceptors (Lipinski definition) is 7. The van der Waals surface area contributed by atoms with Gasteiger partial charge in [0.2, 0.25) is 5.91 Å². The first-order chi connectivity index (χ1) is 16.4. The van der Waals surface area contributed by atoms with E-state index in [1.807, 2.05) is 43.4 Å². The molecule has 5 rings (SSSR count). The van der Waals surface area contributed by atoms with Gasteiger partial charge in [0.15, 0.2) is 5.65 Å². The van der Waals surface area contributed by atoms with E-state index in [9.17, 15) is 4.79 Å². The number of carbonyl (C=O) groups is 1. The summed E-state index contributed by atoms with van der Waals surface area (Å²) in [6.45, 7) is 0.204. The minimum Gasteiger partial charge on any atom is -0.489 e. The Kier molecular flexibility index (Phi) is 5.39. The number of rotatable bonds is 6. The molecule has 0 aliphatic heterocycles. The highest BCUT2D eigenvalue weighted by Crippen LogP contribution is 2.31. The maximum absolute atomic E-state index is 12.0. The molecule has 3 heterocycles. The first kappa shape index (κ1) is 21.5. The SMILES string of the molecule is CNc1ccc2ccc(OCc3cc(C(N)=O)cc(-n4cc(Cl)c5c(N)ncnc54)c3)cc2n1. The molecular formula is C24H20ClN7O2. The highest BCUT2D eigenvalue weighted by molar-refractivity contribution is 6.36. The number of halogens is 1. The number of benzene rings is 2. The van der Waals surface area contributed by atoms with Gasteiger partial charge >= 0.3 is 0 Å². The minimum atomic E-state index is -0.561. The van der Waals surface area contributed by atoms with Gasteiger partial charge in [-0.2, -0.15) is 0 Å². The number of hydrogen-bond donors (Lipinski definition) is 3. The number of primary amides is 1. The molecule has 10 heteroatoms. The lowest BCUT2D eigenvalue weighted by molar-refractivity contribution is 0.1000. The predicted octanol–water partition coefficient (Wildman–Crippen LogP) is 3.92. The summed E-state index contributed by atoms with van der Waals surface area (Å²) >= 11 is 6.38. The zero-order valence-electron chi connectivity index (χ0n) is 18.1. The van der Waals surface area contributed by atoms with Crippen molar-refractivity contribution in [2.45, 2.75) is 6.61 Å². The summed E-state index contributed by atoms with van der Waals surface area (Å²) in [6.07, 6.45) is 3.04. The van der Waals surface area contributed by atoms with Crippen molar-refractivity contribution in [1.29, 1.82) is 0 Å². The number of nitrogens with one attached hydrogen (secondary N) is 1. The Morgan fingerprint density at radius 1 is 1.15 bits per heavy atom. The van der Waals surface area contributed by atoms with Crippen LogP contribution < -0.4 is 21.5 Å². The molecule has 2 aromatic carbocycles. The average molecular weight is 474 g/mol. The van der Waals surface area contributed by atoms with E-state index in [4.69, 9.17) is 27.8 Å². The lowest BCUT2D eigenvalue weighted by Gasteiger charge is -2.12. The van der Waals surface area contributed by atoms with Gasteiger partial charge in [0, 0.05) is 35.9 Å². The first-order valence-corrected chi connectivity index (χ1v) is 10.7. The number of carbonyl (C=O) groups excluding carboxylic acids is 1. The number of nitrogens with two attached hydrogens (primary N) is 2. The average Bonchev–Trinajstić information content (AvgIpc) is 3.19. The van der Waals surface area contributed by atoms with Crippen LogP contribution in [-0.2, 0) is 6.61 Å². The van der Waals surface area contributed by atoms with Crippen molar-refractivity contribution < 1.29 is 9.53 Å². The van der Waals surface area contributed by atoms with Crippen molar-refractivity contribution in [3.05, 3.63) is 77.2 Å². The molecule has 0 atom stereocenters. The Morgan fingerprint density at radius 3 is 2.76 bits per heavy atom. The van der Waals surface area contributed by atoms with Gasteiger partial charge in [-0.15, -0.1) is 0 Å². The molecule has 0 saturated carbocycles. The molecule has 5 N–H and O–H groups in total. The molecule has 0 spiro atoms. The van der Waals surface area contributed by atoms with Crippen LogP contribution >= 0.6 is 11.6 Å². The van der Waals surface area contributed by atoms with Crippen LogP contribution in [0.5, 0.6) is 5.75 Å². The molecule has 0 saturated heterocycles. The summed E-state index contributed by atoms with van der Waals surface area (Å²) in [4.78, 5) is 24.9. The maximum atomic E-state index is 12.0. The normalized spacial score (nSPS) is 11.1. The molecule has 9 nitrogen and oxygen atoms in total. The van der Waals surface area contributed by atoms with Gasteiger partial charge in [0.25, 0.3) is 0 Å². The molecular weight excluding hydrogens is 454 g/mol. The number of aromatic nitrogens is 4. The minimum absolute atomic E-state index is 0.204. The molecule has 1 amide bonds. The summed E-state index contributed by atoms with van der Waals surface area (Å²) < 4.78 is 7.76. The molecule has 0 aliphatic rings. The van der Waals surface area contributed by atoms with Gasteiger partial charge in [-0.1, -0.05) is 11.6 Å². The van der Waals surface area contributed by atoms with Gasteiger partial charge in [0.05, 0.1) is 15.9 Å². The highest BCUT2D eigenvalue weighted by atomic mass is 35.5. The van der Waals surface area contributed by atoms with Gasteiger partial charge in [0.1, 0.15) is 30.3 Å². The van der Waals surface area contributed by atoms with E-state index in [-0.39, 0.29) is 12.4 Å². The van der Waals surface area contributed by atoms with Crippen LogP contribution in [0.25, 0.3) is 27.6 Å². The standard InChI is InChI=1S/C24H20ClN7O2/c1-28-20-5-3-14-2-4-17(9-19(14)31-20)34-11-13-6-15(23(27)33)8-16(7-13)32-10-18(25)21-22(26)29-12-30-24(21)32/h2-10,12H,11H2,1H3,(H2,27,33)(H,28,31)(H2,26,29,30). The molecule has 3 aromatic heterocycles. The van der Waals surface area contributed by atoms with Crippen LogP contribution in [-0.4, -0.2) is 32.5 Å². The second-order valence-corrected chi connectivity index (χ2v) is 8.05. The second-order valence-electron chi connectivity index (χ2n) is 7.65. The number of ether oxygens (including phenoxy) is 1. The summed E-state index contributed by atoms with van der Waals surface area (Å²) in [5.41, 5.74) is 14.6. The molecule has 0 fully saturated rings. The van der Waals surface area contributed by atoms with Crippen molar-refractivity contribution in [2.24, 2.45) is 5.73 Å². The summed E-state index contributed by atoms with van der Waals surface area (Å²) in [5, 5.41) is 4.97. The molecule has 0 aliphatic carbocycles. The van der Waals surface area contributed by atoms with E-state index < -0.39 is 5.91 Å². The lowest BCUT2D eigenvalue weighted by atomic mass is 10.1. The largest absolute Gasteiger partial charge is 0.489 e. The summed E-state index contributed by atoms with van der Waals surface area (Å²) in [7, 11) is 1.82. The Labute approximate surface area is 199 Å². The zero-order chi connectivity index (χ0) is 23.8. The molecule has 170 valence electrons. The van der Waals surface area contributed by atoms with Crippen molar-refractivity contribution in [3.63, 3.8) is 0 Å². The highest BCUT2D eigenvalue weighted by Gasteiger charge is 2.15.